The van der Waals surface area contributed by atoms with Crippen molar-refractivity contribution in [3.63, 3.8) is 0 Å². The molecule has 3 N–H and O–H groups in total. The lowest BCUT2D eigenvalue weighted by Gasteiger charge is -2.13. The average Bonchev–Trinajstić information content (AvgIpc) is 2.33. The molecule has 3 nitrogen and oxygen atoms in total. The van der Waals surface area contributed by atoms with Crippen LogP contribution in [0.4, 0.5) is 0 Å². The average molecular weight is 223 g/mol. The van der Waals surface area contributed by atoms with Crippen molar-refractivity contribution in [2.45, 2.75) is 34.6 Å². The van der Waals surface area contributed by atoms with Gasteiger partial charge in [0.15, 0.2) is 0 Å². The van der Waals surface area contributed by atoms with Crippen molar-refractivity contribution in [2.24, 2.45) is 5.84 Å². The summed E-state index contributed by atoms with van der Waals surface area (Å²) < 4.78 is 0. The Morgan fingerprint density at radius 1 is 1.19 bits per heavy atom. The molecule has 0 atom stereocenters. The minimum absolute atomic E-state index is 0.332. The molecule has 0 spiro atoms. The normalized spacial score (nSPS) is 7.94. The number of nitrogens with two attached hydrogens (primary N) is 1. The maximum atomic E-state index is 7.58. The quantitative estimate of drug-likeness (QED) is 0.332. The van der Waals surface area contributed by atoms with Gasteiger partial charge in [0.2, 0.25) is 0 Å². The Labute approximate surface area is 99.8 Å². The van der Waals surface area contributed by atoms with E-state index in [9.17, 15) is 0 Å². The smallest absolute Gasteiger partial charge is 0.142 e. The molecular weight excluding hydrogens is 198 g/mol. The van der Waals surface area contributed by atoms with Crippen LogP contribution in [0.2, 0.25) is 0 Å². The summed E-state index contributed by atoms with van der Waals surface area (Å²) >= 11 is 0. The van der Waals surface area contributed by atoms with Crippen LogP contribution in [0.3, 0.4) is 0 Å². The van der Waals surface area contributed by atoms with E-state index in [0.29, 0.717) is 5.84 Å². The summed E-state index contributed by atoms with van der Waals surface area (Å²) in [6, 6.07) is 7.72. The molecule has 0 saturated heterocycles. The highest BCUT2D eigenvalue weighted by Gasteiger charge is 2.02. The third-order valence-corrected chi connectivity index (χ3v) is 1.64. The molecule has 0 aromatic heterocycles. The minimum atomic E-state index is 0.332. The molecule has 1 aromatic rings. The maximum absolute atomic E-state index is 7.58. The minimum Gasteiger partial charge on any atom is -0.298 e. The van der Waals surface area contributed by atoms with Crippen LogP contribution in [-0.2, 0) is 0 Å². The van der Waals surface area contributed by atoms with E-state index in [2.05, 4.69) is 0 Å². The van der Waals surface area contributed by atoms with E-state index in [4.69, 9.17) is 11.3 Å². The van der Waals surface area contributed by atoms with E-state index in [0.717, 1.165) is 11.1 Å². The SMILES string of the molecule is CC.CC.Cc1cccc(C(=N)N(C)N)c1. The Bertz CT molecular complexity index is 293. The largest absolute Gasteiger partial charge is 0.298 e. The van der Waals surface area contributed by atoms with Gasteiger partial charge in [0.25, 0.3) is 0 Å². The lowest BCUT2D eigenvalue weighted by Crippen LogP contribution is -2.33. The molecule has 3 heteroatoms. The van der Waals surface area contributed by atoms with Crippen molar-refractivity contribution in [2.75, 3.05) is 7.05 Å². The summed E-state index contributed by atoms with van der Waals surface area (Å²) in [6.07, 6.45) is 0. The second-order valence-corrected chi connectivity index (χ2v) is 2.83. The zero-order chi connectivity index (χ0) is 13.1. The van der Waals surface area contributed by atoms with Crippen molar-refractivity contribution in [1.29, 1.82) is 5.41 Å². The number of nitrogens with one attached hydrogen (secondary N) is 1. The number of hydrazine groups is 1. The second-order valence-electron chi connectivity index (χ2n) is 2.83. The highest BCUT2D eigenvalue weighted by Crippen LogP contribution is 2.04. The van der Waals surface area contributed by atoms with Gasteiger partial charge in [-0.25, -0.2) is 5.84 Å². The molecule has 16 heavy (non-hydrogen) atoms. The van der Waals surface area contributed by atoms with Gasteiger partial charge in [-0.1, -0.05) is 51.5 Å². The van der Waals surface area contributed by atoms with Crippen molar-refractivity contribution < 1.29 is 0 Å². The molecule has 92 valence electrons. The van der Waals surface area contributed by atoms with Crippen LogP contribution in [0, 0.1) is 12.3 Å². The first-order chi connectivity index (χ1) is 7.61. The van der Waals surface area contributed by atoms with Crippen LogP contribution in [0.15, 0.2) is 24.3 Å². The van der Waals surface area contributed by atoms with Crippen LogP contribution in [-0.4, -0.2) is 17.9 Å². The van der Waals surface area contributed by atoms with Crippen LogP contribution < -0.4 is 5.84 Å². The van der Waals surface area contributed by atoms with Crippen LogP contribution in [0.5, 0.6) is 0 Å². The first kappa shape index (κ1) is 17.1. The van der Waals surface area contributed by atoms with Gasteiger partial charge in [-0.2, -0.15) is 0 Å². The molecule has 0 radical (unpaired) electrons. The van der Waals surface area contributed by atoms with Crippen molar-refractivity contribution in [1.82, 2.24) is 5.01 Å². The fourth-order valence-electron chi connectivity index (χ4n) is 0.996. The fraction of sp³-hybridized carbons (Fsp3) is 0.462. The number of hydrogen-bond acceptors (Lipinski definition) is 2. The Morgan fingerprint density at radius 3 is 2.06 bits per heavy atom. The zero-order valence-electron chi connectivity index (χ0n) is 11.3. The molecule has 0 aliphatic carbocycles. The van der Waals surface area contributed by atoms with Gasteiger partial charge < -0.3 is 0 Å². The molecule has 0 bridgehead atoms. The summed E-state index contributed by atoms with van der Waals surface area (Å²) in [5.41, 5.74) is 1.99. The maximum Gasteiger partial charge on any atom is 0.142 e. The summed E-state index contributed by atoms with van der Waals surface area (Å²) in [6.45, 7) is 9.99. The first-order valence-corrected chi connectivity index (χ1v) is 5.75. The number of amidine groups is 1. The standard InChI is InChI=1S/C9H13N3.2C2H6/c1-7-4-3-5-8(6-7)9(10)12(2)11;2*1-2/h3-6,10H,11H2,1-2H3;2*1-2H3. The van der Waals surface area contributed by atoms with E-state index >= 15 is 0 Å². The van der Waals surface area contributed by atoms with Crippen molar-refractivity contribution >= 4 is 5.84 Å². The number of rotatable bonds is 1. The van der Waals surface area contributed by atoms with Crippen LogP contribution >= 0.6 is 0 Å². The molecule has 0 heterocycles. The van der Waals surface area contributed by atoms with E-state index in [1.165, 1.54) is 5.01 Å². The monoisotopic (exact) mass is 223 g/mol. The van der Waals surface area contributed by atoms with Gasteiger partial charge in [0.05, 0.1) is 0 Å². The fourth-order valence-corrected chi connectivity index (χ4v) is 0.996. The number of benzene rings is 1. The number of hydrogen-bond donors (Lipinski definition) is 2. The lowest BCUT2D eigenvalue weighted by atomic mass is 10.1. The van der Waals surface area contributed by atoms with Gasteiger partial charge >= 0.3 is 0 Å². The first-order valence-electron chi connectivity index (χ1n) is 5.75. The van der Waals surface area contributed by atoms with Gasteiger partial charge in [-0.05, 0) is 13.0 Å². The predicted molar refractivity (Wildman–Crippen MR) is 72.7 cm³/mol. The summed E-state index contributed by atoms with van der Waals surface area (Å²) in [4.78, 5) is 0. The molecule has 0 fully saturated rings. The molecule has 0 saturated carbocycles. The molecular formula is C13H25N3. The lowest BCUT2D eigenvalue weighted by molar-refractivity contribution is 0.536. The molecule has 1 rings (SSSR count). The summed E-state index contributed by atoms with van der Waals surface area (Å²) in [5.74, 6) is 5.76. The summed E-state index contributed by atoms with van der Waals surface area (Å²) in [7, 11) is 1.66. The Kier molecular flexibility index (Phi) is 10.9. The highest BCUT2D eigenvalue weighted by molar-refractivity contribution is 5.95. The van der Waals surface area contributed by atoms with E-state index in [1.807, 2.05) is 58.9 Å². The van der Waals surface area contributed by atoms with Crippen molar-refractivity contribution in [3.8, 4) is 0 Å². The van der Waals surface area contributed by atoms with E-state index in [-0.39, 0.29) is 0 Å². The molecule has 0 aliphatic rings. The summed E-state index contributed by atoms with van der Waals surface area (Å²) in [5, 5.41) is 8.88. The van der Waals surface area contributed by atoms with Crippen molar-refractivity contribution in [3.05, 3.63) is 35.4 Å². The van der Waals surface area contributed by atoms with Crippen LogP contribution in [0.1, 0.15) is 38.8 Å². The molecule has 0 aliphatic heterocycles. The highest BCUT2D eigenvalue weighted by atomic mass is 15.4. The predicted octanol–water partition coefficient (Wildman–Crippen LogP) is 3.18. The van der Waals surface area contributed by atoms with Gasteiger partial charge in [0, 0.05) is 12.6 Å². The zero-order valence-corrected chi connectivity index (χ0v) is 11.3. The Morgan fingerprint density at radius 2 is 1.69 bits per heavy atom. The van der Waals surface area contributed by atoms with Gasteiger partial charge in [-0.15, -0.1) is 0 Å². The van der Waals surface area contributed by atoms with Gasteiger partial charge in [0.1, 0.15) is 5.84 Å². The van der Waals surface area contributed by atoms with Gasteiger partial charge in [-0.3, -0.25) is 10.4 Å². The van der Waals surface area contributed by atoms with E-state index < -0.39 is 0 Å². The topological polar surface area (TPSA) is 53.1 Å². The number of nitrogens with zero attached hydrogens (tertiary/aromatic N) is 1. The third kappa shape index (κ3) is 6.19. The molecule has 1 aromatic carbocycles. The van der Waals surface area contributed by atoms with E-state index in [1.54, 1.807) is 7.05 Å². The number of aryl methyl sites for hydroxylation is 1. The third-order valence-electron chi connectivity index (χ3n) is 1.64. The van der Waals surface area contributed by atoms with Crippen LogP contribution in [0.25, 0.3) is 0 Å². The molecule has 0 unspecified atom stereocenters. The second kappa shape index (κ2) is 10.2. The Hall–Kier alpha value is -1.35. The Balaban J connectivity index is 0. The molecule has 0 amide bonds.